The second kappa shape index (κ2) is 11.0. The van der Waals surface area contributed by atoms with Crippen molar-refractivity contribution in [2.24, 2.45) is 7.05 Å². The number of fused-ring (bicyclic) bond motifs is 3. The van der Waals surface area contributed by atoms with Gasteiger partial charge in [-0.25, -0.2) is 14.2 Å². The zero-order chi connectivity index (χ0) is 31.5. The standard InChI is InChI=1S/C35H38FN3O5/c1-19-23-12-9-15-43-30(23)26(36)16-24(19)29-25-17-27(33(40)39-14-13-21-10-7-8-11-22(21)18-39)38(6)32(25)37-20(2)28(29)31(34(41)42)44-35(3,4)5/h7-8,10-11,16-17,31H,9,12-15,18H2,1-6H3,(H,41,42)/t31-/m0/s1. The number of amides is 1. The fourth-order valence-corrected chi connectivity index (χ4v) is 6.61. The van der Waals surface area contributed by atoms with Crippen molar-refractivity contribution < 1.29 is 28.6 Å². The number of carbonyl (C=O) groups excluding carboxylic acids is 1. The zero-order valence-electron chi connectivity index (χ0n) is 26.1. The number of aryl methyl sites for hydroxylation is 2. The first-order chi connectivity index (χ1) is 20.9. The maximum absolute atomic E-state index is 15.7. The topological polar surface area (TPSA) is 93.9 Å². The van der Waals surface area contributed by atoms with Crippen molar-refractivity contribution in [3.8, 4) is 16.9 Å². The van der Waals surface area contributed by atoms with Gasteiger partial charge in [0.05, 0.1) is 12.2 Å². The van der Waals surface area contributed by atoms with Gasteiger partial charge in [0.15, 0.2) is 17.7 Å². The van der Waals surface area contributed by atoms with Crippen LogP contribution >= 0.6 is 0 Å². The molecule has 8 nitrogen and oxygen atoms in total. The summed E-state index contributed by atoms with van der Waals surface area (Å²) in [5, 5.41) is 11.0. The first kappa shape index (κ1) is 29.8. The fourth-order valence-electron chi connectivity index (χ4n) is 6.61. The maximum Gasteiger partial charge on any atom is 0.337 e. The van der Waals surface area contributed by atoms with Crippen molar-refractivity contribution in [3.05, 3.63) is 81.4 Å². The number of aliphatic carboxylic acids is 1. The molecule has 2 aromatic heterocycles. The van der Waals surface area contributed by atoms with Crippen LogP contribution in [0, 0.1) is 19.7 Å². The molecule has 0 saturated heterocycles. The van der Waals surface area contributed by atoms with Gasteiger partial charge in [-0.1, -0.05) is 24.3 Å². The number of carboxylic acids is 1. The lowest BCUT2D eigenvalue weighted by Crippen LogP contribution is -2.36. The Bertz CT molecular complexity index is 1820. The molecule has 44 heavy (non-hydrogen) atoms. The second-order valence-corrected chi connectivity index (χ2v) is 12.8. The first-order valence-corrected chi connectivity index (χ1v) is 15.1. The Labute approximate surface area is 256 Å². The van der Waals surface area contributed by atoms with Crippen LogP contribution in [0.1, 0.15) is 77.3 Å². The number of rotatable bonds is 5. The summed E-state index contributed by atoms with van der Waals surface area (Å²) in [5.74, 6) is -1.58. The molecule has 1 atom stereocenters. The van der Waals surface area contributed by atoms with E-state index >= 15 is 4.39 Å². The van der Waals surface area contributed by atoms with Gasteiger partial charge in [-0.15, -0.1) is 0 Å². The summed E-state index contributed by atoms with van der Waals surface area (Å²) in [6, 6.07) is 11.3. The highest BCUT2D eigenvalue weighted by Gasteiger charge is 2.35. The molecule has 9 heteroatoms. The monoisotopic (exact) mass is 599 g/mol. The first-order valence-electron chi connectivity index (χ1n) is 15.1. The quantitative estimate of drug-likeness (QED) is 0.283. The number of carbonyl (C=O) groups is 2. The van der Waals surface area contributed by atoms with Crippen LogP contribution in [0.25, 0.3) is 22.2 Å². The van der Waals surface area contributed by atoms with E-state index in [1.165, 1.54) is 11.6 Å². The molecule has 2 aliphatic rings. The van der Waals surface area contributed by atoms with Gasteiger partial charge < -0.3 is 24.0 Å². The molecule has 0 radical (unpaired) electrons. The van der Waals surface area contributed by atoms with E-state index in [1.807, 2.05) is 30.0 Å². The molecular formula is C35H38FN3O5. The van der Waals surface area contributed by atoms with Crippen molar-refractivity contribution in [1.29, 1.82) is 0 Å². The number of benzene rings is 2. The zero-order valence-corrected chi connectivity index (χ0v) is 26.1. The molecule has 0 saturated carbocycles. The molecule has 1 N–H and O–H groups in total. The molecule has 0 unspecified atom stereocenters. The minimum Gasteiger partial charge on any atom is -0.490 e. The molecule has 4 heterocycles. The number of carboxylic acid groups (broad SMARTS) is 1. The van der Waals surface area contributed by atoms with Crippen molar-refractivity contribution >= 4 is 22.9 Å². The molecule has 0 fully saturated rings. The fraction of sp³-hybridized carbons (Fsp3) is 0.400. The number of ether oxygens (including phenoxy) is 2. The van der Waals surface area contributed by atoms with E-state index in [9.17, 15) is 14.7 Å². The normalized spacial score (nSPS) is 15.5. The second-order valence-electron chi connectivity index (χ2n) is 12.8. The van der Waals surface area contributed by atoms with E-state index in [-0.39, 0.29) is 11.7 Å². The van der Waals surface area contributed by atoms with Crippen LogP contribution in [0.5, 0.6) is 5.75 Å². The van der Waals surface area contributed by atoms with Gasteiger partial charge in [0.2, 0.25) is 0 Å². The average molecular weight is 600 g/mol. The van der Waals surface area contributed by atoms with Crippen molar-refractivity contribution in [1.82, 2.24) is 14.5 Å². The molecule has 1 amide bonds. The highest BCUT2D eigenvalue weighted by Crippen LogP contribution is 2.45. The van der Waals surface area contributed by atoms with E-state index in [1.54, 1.807) is 45.4 Å². The molecule has 6 rings (SSSR count). The number of aromatic nitrogens is 2. The molecular weight excluding hydrogens is 561 g/mol. The smallest absolute Gasteiger partial charge is 0.337 e. The third-order valence-electron chi connectivity index (χ3n) is 8.70. The third-order valence-corrected chi connectivity index (χ3v) is 8.70. The van der Waals surface area contributed by atoms with Crippen molar-refractivity contribution in [2.45, 2.75) is 72.1 Å². The molecule has 2 aliphatic heterocycles. The van der Waals surface area contributed by atoms with Crippen LogP contribution in [0.3, 0.4) is 0 Å². The Balaban J connectivity index is 1.59. The lowest BCUT2D eigenvalue weighted by Gasteiger charge is -2.29. The molecule has 2 aromatic carbocycles. The minimum atomic E-state index is -1.38. The molecule has 0 spiro atoms. The number of hydrogen-bond acceptors (Lipinski definition) is 5. The van der Waals surface area contributed by atoms with Crippen LogP contribution < -0.4 is 4.74 Å². The van der Waals surface area contributed by atoms with Gasteiger partial charge in [0.1, 0.15) is 11.3 Å². The summed E-state index contributed by atoms with van der Waals surface area (Å²) in [6.07, 6.45) is 0.778. The van der Waals surface area contributed by atoms with Crippen LogP contribution in [0.4, 0.5) is 4.39 Å². The molecule has 230 valence electrons. The highest BCUT2D eigenvalue weighted by atomic mass is 19.1. The van der Waals surface area contributed by atoms with Crippen molar-refractivity contribution in [2.75, 3.05) is 13.2 Å². The Morgan fingerprint density at radius 2 is 1.84 bits per heavy atom. The van der Waals surface area contributed by atoms with E-state index in [0.717, 1.165) is 29.5 Å². The lowest BCUT2D eigenvalue weighted by molar-refractivity contribution is -0.160. The lowest BCUT2D eigenvalue weighted by atomic mass is 9.86. The SMILES string of the molecule is Cc1nc2c(cc(C(=O)N3CCc4ccccc4C3)n2C)c(-c2cc(F)c3c(c2C)CCCO3)c1[C@H](OC(C)(C)C)C(=O)O. The Kier molecular flexibility index (Phi) is 7.48. The van der Waals surface area contributed by atoms with Crippen LogP contribution in [-0.4, -0.2) is 50.2 Å². The summed E-state index contributed by atoms with van der Waals surface area (Å²) in [7, 11) is 1.79. The van der Waals surface area contributed by atoms with Crippen LogP contribution in [-0.2, 0) is 36.0 Å². The van der Waals surface area contributed by atoms with Gasteiger partial charge in [-0.05, 0) is 88.3 Å². The largest absolute Gasteiger partial charge is 0.490 e. The van der Waals surface area contributed by atoms with E-state index < -0.39 is 23.5 Å². The summed E-state index contributed by atoms with van der Waals surface area (Å²) in [6.45, 7) is 10.5. The summed E-state index contributed by atoms with van der Waals surface area (Å²) in [4.78, 5) is 33.5. The number of hydrogen-bond donors (Lipinski definition) is 1. The number of nitrogens with zero attached hydrogens (tertiary/aromatic N) is 3. The van der Waals surface area contributed by atoms with Gasteiger partial charge in [0.25, 0.3) is 5.91 Å². The Hall–Kier alpha value is -4.24. The molecule has 4 aromatic rings. The minimum absolute atomic E-state index is 0.146. The maximum atomic E-state index is 15.7. The summed E-state index contributed by atoms with van der Waals surface area (Å²) in [5.41, 5.74) is 5.89. The van der Waals surface area contributed by atoms with Gasteiger partial charge in [-0.2, -0.15) is 0 Å². The van der Waals surface area contributed by atoms with Crippen LogP contribution in [0.2, 0.25) is 0 Å². The molecule has 0 aliphatic carbocycles. The Morgan fingerprint density at radius 1 is 1.11 bits per heavy atom. The van der Waals surface area contributed by atoms with E-state index in [0.29, 0.717) is 65.2 Å². The third kappa shape index (κ3) is 5.13. The van der Waals surface area contributed by atoms with E-state index in [2.05, 4.69) is 6.07 Å². The number of pyridine rings is 1. The summed E-state index contributed by atoms with van der Waals surface area (Å²) < 4.78 is 29.3. The predicted molar refractivity (Wildman–Crippen MR) is 165 cm³/mol. The predicted octanol–water partition coefficient (Wildman–Crippen LogP) is 6.46. The summed E-state index contributed by atoms with van der Waals surface area (Å²) >= 11 is 0. The van der Waals surface area contributed by atoms with Crippen molar-refractivity contribution in [3.63, 3.8) is 0 Å². The molecule has 0 bridgehead atoms. The van der Waals surface area contributed by atoms with Gasteiger partial charge in [0, 0.05) is 47.9 Å². The average Bonchev–Trinajstić information content (AvgIpc) is 3.31. The van der Waals surface area contributed by atoms with Gasteiger partial charge >= 0.3 is 5.97 Å². The highest BCUT2D eigenvalue weighted by molar-refractivity contribution is 6.04. The van der Waals surface area contributed by atoms with E-state index in [4.69, 9.17) is 14.5 Å². The van der Waals surface area contributed by atoms with Gasteiger partial charge in [-0.3, -0.25) is 4.79 Å². The Morgan fingerprint density at radius 3 is 2.55 bits per heavy atom. The number of halogens is 1. The van der Waals surface area contributed by atoms with Crippen LogP contribution in [0.15, 0.2) is 36.4 Å².